The summed E-state index contributed by atoms with van der Waals surface area (Å²) >= 11 is 0. The van der Waals surface area contributed by atoms with Crippen molar-refractivity contribution in [1.82, 2.24) is 19.6 Å². The molecule has 1 aromatic heterocycles. The van der Waals surface area contributed by atoms with Gasteiger partial charge in [0, 0.05) is 39.8 Å². The van der Waals surface area contributed by atoms with Crippen LogP contribution in [0.25, 0.3) is 0 Å². The van der Waals surface area contributed by atoms with Crippen molar-refractivity contribution >= 4 is 11.6 Å². The van der Waals surface area contributed by atoms with E-state index in [-0.39, 0.29) is 5.91 Å². The second-order valence-corrected chi connectivity index (χ2v) is 6.35. The van der Waals surface area contributed by atoms with Gasteiger partial charge in [0.25, 0.3) is 5.91 Å². The number of anilines is 1. The Balaban J connectivity index is 2.01. The number of nitrogen functional groups attached to an aromatic ring is 1. The van der Waals surface area contributed by atoms with E-state index in [0.717, 1.165) is 13.1 Å². The average molecular weight is 295 g/mol. The minimum Gasteiger partial charge on any atom is -0.395 e. The topological polar surface area (TPSA) is 87.6 Å². The number of hydrogen-bond donors (Lipinski definition) is 2. The fourth-order valence-corrected chi connectivity index (χ4v) is 2.73. The number of β-amino-alcohol motifs (C(OH)–C–C–N with tert-alkyl or cyclic N) is 1. The Labute approximate surface area is 125 Å². The summed E-state index contributed by atoms with van der Waals surface area (Å²) in [6.45, 7) is 8.79. The molecule has 1 aliphatic rings. The zero-order valence-corrected chi connectivity index (χ0v) is 13.3. The highest BCUT2D eigenvalue weighted by atomic mass is 16.3. The maximum atomic E-state index is 12.6. The van der Waals surface area contributed by atoms with Crippen LogP contribution in [0.1, 0.15) is 30.0 Å². The van der Waals surface area contributed by atoms with Crippen molar-refractivity contribution in [1.29, 1.82) is 0 Å². The van der Waals surface area contributed by atoms with Crippen molar-refractivity contribution in [2.45, 2.75) is 26.4 Å². The number of hydrogen-bond acceptors (Lipinski definition) is 5. The number of piperazine rings is 1. The Morgan fingerprint density at radius 1 is 1.33 bits per heavy atom. The fraction of sp³-hybridized carbons (Fsp3) is 0.714. The number of rotatable bonds is 3. The van der Waals surface area contributed by atoms with Crippen LogP contribution in [0.15, 0.2) is 0 Å². The van der Waals surface area contributed by atoms with Gasteiger partial charge in [-0.2, -0.15) is 5.10 Å². The number of amides is 1. The lowest BCUT2D eigenvalue weighted by Crippen LogP contribution is -2.52. The third kappa shape index (κ3) is 3.54. The second kappa shape index (κ2) is 5.65. The molecule has 0 aromatic carbocycles. The van der Waals surface area contributed by atoms with Crippen molar-refractivity contribution in [2.24, 2.45) is 7.05 Å². The number of carbonyl (C=O) groups excluding carboxylic acids is 1. The van der Waals surface area contributed by atoms with Gasteiger partial charge in [-0.15, -0.1) is 0 Å². The van der Waals surface area contributed by atoms with Crippen LogP contribution in [-0.2, 0) is 7.05 Å². The van der Waals surface area contributed by atoms with E-state index in [9.17, 15) is 9.90 Å². The predicted octanol–water partition coefficient (Wildman–Crippen LogP) is -0.161. The zero-order valence-electron chi connectivity index (χ0n) is 13.3. The van der Waals surface area contributed by atoms with Crippen LogP contribution in [0.2, 0.25) is 0 Å². The van der Waals surface area contributed by atoms with Gasteiger partial charge in [0.05, 0.1) is 17.0 Å². The zero-order chi connectivity index (χ0) is 15.8. The second-order valence-electron chi connectivity index (χ2n) is 6.35. The molecule has 118 valence electrons. The van der Waals surface area contributed by atoms with E-state index in [4.69, 9.17) is 5.73 Å². The van der Waals surface area contributed by atoms with Crippen molar-refractivity contribution in [3.63, 3.8) is 0 Å². The molecule has 2 rings (SSSR count). The number of nitrogens with zero attached hydrogens (tertiary/aromatic N) is 4. The lowest BCUT2D eigenvalue weighted by atomic mass is 10.1. The minimum absolute atomic E-state index is 0.0708. The van der Waals surface area contributed by atoms with Crippen LogP contribution in [0.5, 0.6) is 0 Å². The molecule has 0 radical (unpaired) electrons. The molecule has 0 atom stereocenters. The number of aryl methyl sites for hydroxylation is 2. The molecule has 1 fully saturated rings. The van der Waals surface area contributed by atoms with Crippen molar-refractivity contribution in [2.75, 3.05) is 38.5 Å². The standard InChI is InChI=1S/C14H25N5O2/c1-10-11(15)12(17(4)16-10)13(20)19-7-5-18(6-8-19)9-14(2,3)21/h21H,5-9,15H2,1-4H3. The first kappa shape index (κ1) is 15.8. The third-order valence-corrected chi connectivity index (χ3v) is 3.74. The Kier molecular flexibility index (Phi) is 4.25. The van der Waals surface area contributed by atoms with E-state index < -0.39 is 5.60 Å². The van der Waals surface area contributed by atoms with E-state index in [1.54, 1.807) is 37.4 Å². The largest absolute Gasteiger partial charge is 0.395 e. The molecule has 2 heterocycles. The smallest absolute Gasteiger partial charge is 0.274 e. The molecular weight excluding hydrogens is 270 g/mol. The molecule has 1 aliphatic heterocycles. The van der Waals surface area contributed by atoms with Gasteiger partial charge in [-0.3, -0.25) is 14.4 Å². The molecule has 7 heteroatoms. The van der Waals surface area contributed by atoms with Crippen LogP contribution in [0, 0.1) is 6.92 Å². The number of aromatic nitrogens is 2. The summed E-state index contributed by atoms with van der Waals surface area (Å²) in [5.74, 6) is -0.0708. The Bertz CT molecular complexity index is 524. The number of carbonyl (C=O) groups is 1. The van der Waals surface area contributed by atoms with Crippen LogP contribution in [-0.4, -0.2) is 68.9 Å². The van der Waals surface area contributed by atoms with Gasteiger partial charge in [-0.1, -0.05) is 0 Å². The molecule has 1 amide bonds. The van der Waals surface area contributed by atoms with Crippen LogP contribution < -0.4 is 5.73 Å². The summed E-state index contributed by atoms with van der Waals surface area (Å²) in [6, 6.07) is 0. The van der Waals surface area contributed by atoms with Crippen molar-refractivity contribution in [3.8, 4) is 0 Å². The highest BCUT2D eigenvalue weighted by Gasteiger charge is 2.28. The summed E-state index contributed by atoms with van der Waals surface area (Å²) in [6.07, 6.45) is 0. The number of aliphatic hydroxyl groups is 1. The van der Waals surface area contributed by atoms with E-state index in [1.165, 1.54) is 0 Å². The van der Waals surface area contributed by atoms with Gasteiger partial charge in [0.1, 0.15) is 5.69 Å². The molecule has 3 N–H and O–H groups in total. The van der Waals surface area contributed by atoms with Crippen molar-refractivity contribution < 1.29 is 9.90 Å². The SMILES string of the molecule is Cc1nn(C)c(C(=O)N2CCN(CC(C)(C)O)CC2)c1N. The summed E-state index contributed by atoms with van der Waals surface area (Å²) in [7, 11) is 1.74. The quantitative estimate of drug-likeness (QED) is 0.809. The van der Waals surface area contributed by atoms with Crippen molar-refractivity contribution in [3.05, 3.63) is 11.4 Å². The molecule has 0 unspecified atom stereocenters. The predicted molar refractivity (Wildman–Crippen MR) is 81.0 cm³/mol. The fourth-order valence-electron chi connectivity index (χ4n) is 2.73. The molecule has 0 spiro atoms. The monoisotopic (exact) mass is 295 g/mol. The van der Waals surface area contributed by atoms with Gasteiger partial charge in [0.15, 0.2) is 0 Å². The van der Waals surface area contributed by atoms with E-state index in [2.05, 4.69) is 10.00 Å². The third-order valence-electron chi connectivity index (χ3n) is 3.74. The first-order valence-corrected chi connectivity index (χ1v) is 7.22. The highest BCUT2D eigenvalue weighted by Crippen LogP contribution is 2.18. The Morgan fingerprint density at radius 2 is 1.90 bits per heavy atom. The molecule has 0 aliphatic carbocycles. The molecule has 0 saturated carbocycles. The number of nitrogens with two attached hydrogens (primary N) is 1. The summed E-state index contributed by atoms with van der Waals surface area (Å²) in [4.78, 5) is 16.5. The molecular formula is C14H25N5O2. The van der Waals surface area contributed by atoms with Crippen LogP contribution in [0.3, 0.4) is 0 Å². The molecule has 1 saturated heterocycles. The van der Waals surface area contributed by atoms with Gasteiger partial charge >= 0.3 is 0 Å². The van der Waals surface area contributed by atoms with E-state index in [1.807, 2.05) is 0 Å². The van der Waals surface area contributed by atoms with Gasteiger partial charge < -0.3 is 15.7 Å². The molecule has 1 aromatic rings. The summed E-state index contributed by atoms with van der Waals surface area (Å²) in [5, 5.41) is 14.0. The van der Waals surface area contributed by atoms with E-state index in [0.29, 0.717) is 36.7 Å². The summed E-state index contributed by atoms with van der Waals surface area (Å²) < 4.78 is 1.55. The normalized spacial score (nSPS) is 17.3. The highest BCUT2D eigenvalue weighted by molar-refractivity contribution is 5.98. The molecule has 0 bridgehead atoms. The van der Waals surface area contributed by atoms with Crippen LogP contribution >= 0.6 is 0 Å². The van der Waals surface area contributed by atoms with E-state index >= 15 is 0 Å². The maximum Gasteiger partial charge on any atom is 0.274 e. The van der Waals surface area contributed by atoms with Gasteiger partial charge in [0.2, 0.25) is 0 Å². The average Bonchev–Trinajstić information content (AvgIpc) is 2.61. The maximum absolute atomic E-state index is 12.6. The molecule has 21 heavy (non-hydrogen) atoms. The van der Waals surface area contributed by atoms with Crippen LogP contribution in [0.4, 0.5) is 5.69 Å². The first-order chi connectivity index (χ1) is 9.69. The Morgan fingerprint density at radius 3 is 2.33 bits per heavy atom. The molecule has 7 nitrogen and oxygen atoms in total. The Hall–Kier alpha value is -1.60. The van der Waals surface area contributed by atoms with Gasteiger partial charge in [-0.05, 0) is 20.8 Å². The lowest BCUT2D eigenvalue weighted by molar-refractivity contribution is 0.0176. The lowest BCUT2D eigenvalue weighted by Gasteiger charge is -2.37. The first-order valence-electron chi connectivity index (χ1n) is 7.22. The summed E-state index contributed by atoms with van der Waals surface area (Å²) in [5.41, 5.74) is 6.84. The minimum atomic E-state index is -0.713. The van der Waals surface area contributed by atoms with Gasteiger partial charge in [-0.25, -0.2) is 0 Å².